The Bertz CT molecular complexity index is 916. The molecule has 26 heavy (non-hydrogen) atoms. The molecule has 0 saturated carbocycles. The average Bonchev–Trinajstić information content (AvgIpc) is 2.71. The molecule has 0 aliphatic rings. The van der Waals surface area contributed by atoms with E-state index in [4.69, 9.17) is 10.00 Å². The third-order valence-electron chi connectivity index (χ3n) is 4.03. The highest BCUT2D eigenvalue weighted by atomic mass is 16.5. The van der Waals surface area contributed by atoms with Crippen molar-refractivity contribution in [2.24, 2.45) is 0 Å². The van der Waals surface area contributed by atoms with Gasteiger partial charge in [-0.25, -0.2) is 0 Å². The van der Waals surface area contributed by atoms with Gasteiger partial charge in [-0.15, -0.1) is 0 Å². The van der Waals surface area contributed by atoms with Crippen LogP contribution < -0.4 is 10.1 Å². The molecule has 3 rings (SSSR count). The summed E-state index contributed by atoms with van der Waals surface area (Å²) in [6, 6.07) is 25.1. The van der Waals surface area contributed by atoms with Gasteiger partial charge in [0.15, 0.2) is 0 Å². The molecule has 0 saturated heterocycles. The van der Waals surface area contributed by atoms with E-state index >= 15 is 0 Å². The van der Waals surface area contributed by atoms with E-state index in [-0.39, 0.29) is 6.61 Å². The predicted octanol–water partition coefficient (Wildman–Crippen LogP) is 4.24. The Morgan fingerprint density at radius 1 is 0.923 bits per heavy atom. The van der Waals surface area contributed by atoms with E-state index in [1.54, 1.807) is 6.07 Å². The molecule has 130 valence electrons. The fraction of sp³-hybridized carbons (Fsp3) is 0.136. The largest absolute Gasteiger partial charge is 0.489 e. The fourth-order valence-electron chi connectivity index (χ4n) is 2.67. The van der Waals surface area contributed by atoms with Gasteiger partial charge in [0.1, 0.15) is 12.4 Å². The number of rotatable bonds is 7. The van der Waals surface area contributed by atoms with E-state index in [1.807, 2.05) is 66.7 Å². The summed E-state index contributed by atoms with van der Waals surface area (Å²) in [6.07, 6.45) is 0. The lowest BCUT2D eigenvalue weighted by Crippen LogP contribution is -2.03. The Kier molecular flexibility index (Phi) is 5.87. The van der Waals surface area contributed by atoms with Crippen LogP contribution in [0.15, 0.2) is 72.8 Å². The lowest BCUT2D eigenvalue weighted by Gasteiger charge is -2.12. The molecular weight excluding hydrogens is 324 g/mol. The van der Waals surface area contributed by atoms with Gasteiger partial charge >= 0.3 is 0 Å². The average molecular weight is 344 g/mol. The molecule has 3 aromatic carbocycles. The summed E-state index contributed by atoms with van der Waals surface area (Å²) < 4.78 is 5.85. The van der Waals surface area contributed by atoms with Gasteiger partial charge in [-0.1, -0.05) is 42.5 Å². The van der Waals surface area contributed by atoms with Gasteiger partial charge in [0, 0.05) is 17.8 Å². The van der Waals surface area contributed by atoms with Crippen LogP contribution in [-0.4, -0.2) is 5.11 Å². The molecule has 0 unspecified atom stereocenters. The maximum Gasteiger partial charge on any atom is 0.120 e. The van der Waals surface area contributed by atoms with Crippen LogP contribution in [0.1, 0.15) is 22.3 Å². The molecule has 2 N–H and O–H groups in total. The summed E-state index contributed by atoms with van der Waals surface area (Å²) in [6.45, 7) is 1.06. The van der Waals surface area contributed by atoms with Crippen LogP contribution >= 0.6 is 0 Å². The minimum absolute atomic E-state index is 0.00802. The first kappa shape index (κ1) is 17.5. The smallest absolute Gasteiger partial charge is 0.120 e. The summed E-state index contributed by atoms with van der Waals surface area (Å²) in [5, 5.41) is 21.7. The van der Waals surface area contributed by atoms with E-state index in [0.29, 0.717) is 18.7 Å². The minimum atomic E-state index is 0.00802. The first-order valence-electron chi connectivity index (χ1n) is 8.42. The number of anilines is 1. The zero-order valence-electron chi connectivity index (χ0n) is 14.4. The zero-order chi connectivity index (χ0) is 18.2. The van der Waals surface area contributed by atoms with Crippen molar-refractivity contribution >= 4 is 5.69 Å². The lowest BCUT2D eigenvalue weighted by molar-refractivity contribution is 0.282. The number of nitrogens with zero attached hydrogens (tertiary/aromatic N) is 1. The number of hydrogen-bond donors (Lipinski definition) is 2. The second-order valence-corrected chi connectivity index (χ2v) is 5.92. The molecule has 4 nitrogen and oxygen atoms in total. The van der Waals surface area contributed by atoms with Crippen molar-refractivity contribution in [3.8, 4) is 11.8 Å². The molecule has 0 aliphatic carbocycles. The highest BCUT2D eigenvalue weighted by Crippen LogP contribution is 2.19. The van der Waals surface area contributed by atoms with Crippen LogP contribution in [0.5, 0.6) is 5.75 Å². The summed E-state index contributed by atoms with van der Waals surface area (Å²) in [7, 11) is 0. The molecule has 0 radical (unpaired) electrons. The first-order valence-corrected chi connectivity index (χ1v) is 8.42. The van der Waals surface area contributed by atoms with Crippen molar-refractivity contribution in [2.45, 2.75) is 19.8 Å². The summed E-state index contributed by atoms with van der Waals surface area (Å²) in [4.78, 5) is 0. The van der Waals surface area contributed by atoms with Crippen molar-refractivity contribution in [3.63, 3.8) is 0 Å². The van der Waals surface area contributed by atoms with Crippen LogP contribution in [0.3, 0.4) is 0 Å². The number of benzene rings is 3. The number of nitrogens with one attached hydrogen (secondary N) is 1. The van der Waals surface area contributed by atoms with Gasteiger partial charge in [0.05, 0.1) is 18.2 Å². The Morgan fingerprint density at radius 2 is 1.73 bits per heavy atom. The number of hydrogen-bond acceptors (Lipinski definition) is 4. The monoisotopic (exact) mass is 344 g/mol. The van der Waals surface area contributed by atoms with Crippen molar-refractivity contribution < 1.29 is 9.84 Å². The van der Waals surface area contributed by atoms with Gasteiger partial charge in [-0.2, -0.15) is 5.26 Å². The SMILES string of the molecule is N#Cc1cccc(COc2cccc(CNc3ccccc3CO)c2)c1. The van der Waals surface area contributed by atoms with Crippen molar-refractivity contribution in [2.75, 3.05) is 5.32 Å². The molecule has 0 atom stereocenters. The predicted molar refractivity (Wildman–Crippen MR) is 102 cm³/mol. The van der Waals surface area contributed by atoms with Crippen LogP contribution in [0.4, 0.5) is 5.69 Å². The summed E-state index contributed by atoms with van der Waals surface area (Å²) in [5.74, 6) is 0.780. The van der Waals surface area contributed by atoms with Crippen LogP contribution in [0.25, 0.3) is 0 Å². The quantitative estimate of drug-likeness (QED) is 0.673. The summed E-state index contributed by atoms with van der Waals surface area (Å²) >= 11 is 0. The zero-order valence-corrected chi connectivity index (χ0v) is 14.4. The molecule has 0 spiro atoms. The molecule has 0 heterocycles. The van der Waals surface area contributed by atoms with Gasteiger partial charge in [-0.05, 0) is 41.5 Å². The first-order chi connectivity index (χ1) is 12.8. The number of aliphatic hydroxyl groups is 1. The molecule has 0 aliphatic heterocycles. The van der Waals surface area contributed by atoms with Crippen molar-refractivity contribution in [3.05, 3.63) is 95.1 Å². The second kappa shape index (κ2) is 8.70. The number of para-hydroxylation sites is 1. The van der Waals surface area contributed by atoms with Gasteiger partial charge < -0.3 is 15.2 Å². The molecule has 0 fully saturated rings. The number of aliphatic hydroxyl groups excluding tert-OH is 1. The molecule has 3 aromatic rings. The second-order valence-electron chi connectivity index (χ2n) is 5.92. The van der Waals surface area contributed by atoms with E-state index < -0.39 is 0 Å². The van der Waals surface area contributed by atoms with E-state index in [2.05, 4.69) is 11.4 Å². The Balaban J connectivity index is 1.62. The van der Waals surface area contributed by atoms with Crippen LogP contribution in [0, 0.1) is 11.3 Å². The van der Waals surface area contributed by atoms with Gasteiger partial charge in [-0.3, -0.25) is 0 Å². The Hall–Kier alpha value is -3.29. The number of ether oxygens (including phenoxy) is 1. The highest BCUT2D eigenvalue weighted by Gasteiger charge is 2.02. The maximum atomic E-state index is 9.40. The normalized spacial score (nSPS) is 10.2. The van der Waals surface area contributed by atoms with Crippen molar-refractivity contribution in [1.82, 2.24) is 0 Å². The standard InChI is InChI=1S/C22H20N2O2/c23-13-17-5-3-7-19(11-17)16-26-21-9-4-6-18(12-21)14-24-22-10-2-1-8-20(22)15-25/h1-12,24-25H,14-16H2. The van der Waals surface area contributed by atoms with E-state index in [0.717, 1.165) is 28.1 Å². The number of nitriles is 1. The van der Waals surface area contributed by atoms with E-state index in [9.17, 15) is 5.11 Å². The molecule has 0 aromatic heterocycles. The van der Waals surface area contributed by atoms with Gasteiger partial charge in [0.25, 0.3) is 0 Å². The van der Waals surface area contributed by atoms with E-state index in [1.165, 1.54) is 0 Å². The lowest BCUT2D eigenvalue weighted by atomic mass is 10.1. The molecule has 4 heteroatoms. The molecule has 0 bridgehead atoms. The third kappa shape index (κ3) is 4.62. The molecule has 0 amide bonds. The summed E-state index contributed by atoms with van der Waals surface area (Å²) in [5.41, 5.74) is 4.48. The van der Waals surface area contributed by atoms with Gasteiger partial charge in [0.2, 0.25) is 0 Å². The Labute approximate surface area is 153 Å². The maximum absolute atomic E-state index is 9.40. The highest BCUT2D eigenvalue weighted by molar-refractivity contribution is 5.51. The Morgan fingerprint density at radius 3 is 2.58 bits per heavy atom. The fourth-order valence-corrected chi connectivity index (χ4v) is 2.67. The van der Waals surface area contributed by atoms with Crippen LogP contribution in [-0.2, 0) is 19.8 Å². The third-order valence-corrected chi connectivity index (χ3v) is 4.03. The minimum Gasteiger partial charge on any atom is -0.489 e. The molecular formula is C22H20N2O2. The van der Waals surface area contributed by atoms with Crippen molar-refractivity contribution in [1.29, 1.82) is 5.26 Å². The van der Waals surface area contributed by atoms with Crippen LogP contribution in [0.2, 0.25) is 0 Å². The topological polar surface area (TPSA) is 65.3 Å².